The lowest BCUT2D eigenvalue weighted by atomic mass is 10.2. The van der Waals surface area contributed by atoms with E-state index in [0.717, 1.165) is 24.3 Å². The van der Waals surface area contributed by atoms with Crippen molar-refractivity contribution in [3.8, 4) is 11.5 Å². The van der Waals surface area contributed by atoms with Gasteiger partial charge in [-0.2, -0.15) is 5.10 Å². The monoisotopic (exact) mass is 261 g/mol. The highest BCUT2D eigenvalue weighted by Gasteiger charge is 2.03. The summed E-state index contributed by atoms with van der Waals surface area (Å²) in [5.74, 6) is 1.04. The highest BCUT2D eigenvalue weighted by molar-refractivity contribution is 5.39. The minimum atomic E-state index is 0.286. The molecule has 0 amide bonds. The fraction of sp³-hybridized carbons (Fsp3) is 0.357. The van der Waals surface area contributed by atoms with Crippen LogP contribution >= 0.6 is 0 Å². The molecule has 2 N–H and O–H groups in total. The summed E-state index contributed by atoms with van der Waals surface area (Å²) in [5, 5.41) is 17.2. The van der Waals surface area contributed by atoms with Crippen LogP contribution in [0.3, 0.4) is 0 Å². The van der Waals surface area contributed by atoms with Gasteiger partial charge in [-0.25, -0.2) is 0 Å². The molecule has 0 radical (unpaired) electrons. The van der Waals surface area contributed by atoms with Crippen molar-refractivity contribution in [2.24, 2.45) is 7.05 Å². The molecule has 0 aliphatic rings. The number of aryl methyl sites for hydroxylation is 1. The standard InChI is InChI=1S/C14H19N3O2/c1-17-12(6-8-16-17)5-7-15-10-11-9-13(19-2)3-4-14(11)18/h3-4,6,8-9,15,18H,5,7,10H2,1-2H3. The van der Waals surface area contributed by atoms with Crippen molar-refractivity contribution in [1.29, 1.82) is 0 Å². The molecule has 0 bridgehead atoms. The summed E-state index contributed by atoms with van der Waals surface area (Å²) >= 11 is 0. The number of benzene rings is 1. The van der Waals surface area contributed by atoms with Gasteiger partial charge >= 0.3 is 0 Å². The number of rotatable bonds is 6. The minimum Gasteiger partial charge on any atom is -0.508 e. The first kappa shape index (κ1) is 13.4. The number of nitrogens with one attached hydrogen (secondary N) is 1. The molecule has 0 saturated carbocycles. The third-order valence-corrected chi connectivity index (χ3v) is 3.08. The molecule has 2 rings (SSSR count). The van der Waals surface area contributed by atoms with Crippen molar-refractivity contribution >= 4 is 0 Å². The number of aromatic nitrogens is 2. The van der Waals surface area contributed by atoms with Gasteiger partial charge in [-0.05, 0) is 24.3 Å². The van der Waals surface area contributed by atoms with Crippen molar-refractivity contribution < 1.29 is 9.84 Å². The predicted molar refractivity (Wildman–Crippen MR) is 73.3 cm³/mol. The van der Waals surface area contributed by atoms with E-state index < -0.39 is 0 Å². The lowest BCUT2D eigenvalue weighted by Gasteiger charge is -2.09. The van der Waals surface area contributed by atoms with E-state index in [-0.39, 0.29) is 5.75 Å². The lowest BCUT2D eigenvalue weighted by molar-refractivity contribution is 0.410. The first-order chi connectivity index (χ1) is 9.20. The molecule has 0 unspecified atom stereocenters. The smallest absolute Gasteiger partial charge is 0.120 e. The Bertz CT molecular complexity index is 537. The summed E-state index contributed by atoms with van der Waals surface area (Å²) in [5.41, 5.74) is 2.02. The average Bonchev–Trinajstić information content (AvgIpc) is 2.82. The van der Waals surface area contributed by atoms with Gasteiger partial charge < -0.3 is 15.2 Å². The van der Waals surface area contributed by atoms with Crippen LogP contribution in [0.1, 0.15) is 11.3 Å². The summed E-state index contributed by atoms with van der Waals surface area (Å²) in [6, 6.07) is 7.24. The first-order valence-corrected chi connectivity index (χ1v) is 6.24. The van der Waals surface area contributed by atoms with Crippen LogP contribution in [0.5, 0.6) is 11.5 Å². The highest BCUT2D eigenvalue weighted by Crippen LogP contribution is 2.22. The zero-order valence-corrected chi connectivity index (χ0v) is 11.3. The van der Waals surface area contributed by atoms with Crippen LogP contribution in [0.4, 0.5) is 0 Å². The molecule has 0 spiro atoms. The van der Waals surface area contributed by atoms with Gasteiger partial charge in [0.1, 0.15) is 11.5 Å². The third kappa shape index (κ3) is 3.48. The Morgan fingerprint density at radius 3 is 2.89 bits per heavy atom. The molecule has 0 aliphatic heterocycles. The summed E-state index contributed by atoms with van der Waals surface area (Å²) in [4.78, 5) is 0. The molecule has 1 heterocycles. The number of hydrogen-bond acceptors (Lipinski definition) is 4. The van der Waals surface area contributed by atoms with Crippen LogP contribution in [-0.2, 0) is 20.0 Å². The lowest BCUT2D eigenvalue weighted by Crippen LogP contribution is -2.18. The van der Waals surface area contributed by atoms with Crippen LogP contribution in [0.15, 0.2) is 30.5 Å². The summed E-state index contributed by atoms with van der Waals surface area (Å²) < 4.78 is 7.01. The second-order valence-electron chi connectivity index (χ2n) is 4.37. The van der Waals surface area contributed by atoms with Crippen LogP contribution in [0, 0.1) is 0 Å². The van der Waals surface area contributed by atoms with Crippen LogP contribution < -0.4 is 10.1 Å². The molecule has 19 heavy (non-hydrogen) atoms. The van der Waals surface area contributed by atoms with Crippen molar-refractivity contribution in [2.75, 3.05) is 13.7 Å². The minimum absolute atomic E-state index is 0.286. The second kappa shape index (κ2) is 6.24. The van der Waals surface area contributed by atoms with Gasteiger partial charge in [0, 0.05) is 44.0 Å². The number of aromatic hydroxyl groups is 1. The highest BCUT2D eigenvalue weighted by atomic mass is 16.5. The number of phenols is 1. The van der Waals surface area contributed by atoms with Crippen LogP contribution in [0.25, 0.3) is 0 Å². The van der Waals surface area contributed by atoms with Crippen LogP contribution in [-0.4, -0.2) is 28.5 Å². The van der Waals surface area contributed by atoms with Crippen molar-refractivity contribution in [1.82, 2.24) is 15.1 Å². The van der Waals surface area contributed by atoms with Gasteiger partial charge in [0.15, 0.2) is 0 Å². The molecule has 2 aromatic rings. The van der Waals surface area contributed by atoms with E-state index in [0.29, 0.717) is 6.54 Å². The van der Waals surface area contributed by atoms with Gasteiger partial charge in [0.05, 0.1) is 7.11 Å². The summed E-state index contributed by atoms with van der Waals surface area (Å²) in [7, 11) is 3.55. The van der Waals surface area contributed by atoms with Gasteiger partial charge in [-0.1, -0.05) is 0 Å². The van der Waals surface area contributed by atoms with Gasteiger partial charge in [-0.3, -0.25) is 4.68 Å². The molecule has 5 nitrogen and oxygen atoms in total. The first-order valence-electron chi connectivity index (χ1n) is 6.24. The van der Waals surface area contributed by atoms with E-state index >= 15 is 0 Å². The molecule has 0 aliphatic carbocycles. The maximum atomic E-state index is 9.75. The number of nitrogens with zero attached hydrogens (tertiary/aromatic N) is 2. The van der Waals surface area contributed by atoms with E-state index in [1.54, 1.807) is 25.4 Å². The predicted octanol–water partition coefficient (Wildman–Crippen LogP) is 1.47. The van der Waals surface area contributed by atoms with Crippen molar-refractivity contribution in [3.05, 3.63) is 41.7 Å². The molecule has 0 fully saturated rings. The second-order valence-corrected chi connectivity index (χ2v) is 4.37. The Hall–Kier alpha value is -2.01. The molecular weight excluding hydrogens is 242 g/mol. The Labute approximate surface area is 112 Å². The maximum absolute atomic E-state index is 9.75. The third-order valence-electron chi connectivity index (χ3n) is 3.08. The molecule has 0 saturated heterocycles. The quantitative estimate of drug-likeness (QED) is 0.773. The molecule has 0 atom stereocenters. The van der Waals surface area contributed by atoms with Gasteiger partial charge in [-0.15, -0.1) is 0 Å². The van der Waals surface area contributed by atoms with Crippen LogP contribution in [0.2, 0.25) is 0 Å². The van der Waals surface area contributed by atoms with Gasteiger partial charge in [0.25, 0.3) is 0 Å². The number of hydrogen-bond donors (Lipinski definition) is 2. The Morgan fingerprint density at radius 1 is 1.37 bits per heavy atom. The largest absolute Gasteiger partial charge is 0.508 e. The fourth-order valence-corrected chi connectivity index (χ4v) is 1.92. The fourth-order valence-electron chi connectivity index (χ4n) is 1.92. The van der Waals surface area contributed by atoms with Crippen molar-refractivity contribution in [2.45, 2.75) is 13.0 Å². The van der Waals surface area contributed by atoms with E-state index in [2.05, 4.69) is 10.4 Å². The molecule has 5 heteroatoms. The van der Waals surface area contributed by atoms with E-state index in [1.165, 1.54) is 5.69 Å². The molecular formula is C14H19N3O2. The molecule has 1 aromatic heterocycles. The number of methoxy groups -OCH3 is 1. The zero-order valence-electron chi connectivity index (χ0n) is 11.3. The molecule has 102 valence electrons. The normalized spacial score (nSPS) is 10.6. The Morgan fingerprint density at radius 2 is 2.21 bits per heavy atom. The summed E-state index contributed by atoms with van der Waals surface area (Å²) in [6.07, 6.45) is 2.70. The van der Waals surface area contributed by atoms with Gasteiger partial charge in [0.2, 0.25) is 0 Å². The Balaban J connectivity index is 1.84. The zero-order chi connectivity index (χ0) is 13.7. The number of ether oxygens (including phenoxy) is 1. The molecule has 1 aromatic carbocycles. The van der Waals surface area contributed by atoms with E-state index in [1.807, 2.05) is 23.9 Å². The SMILES string of the molecule is COc1ccc(O)c(CNCCc2ccnn2C)c1. The number of phenolic OH excluding ortho intramolecular Hbond substituents is 1. The van der Waals surface area contributed by atoms with E-state index in [9.17, 15) is 5.11 Å². The Kier molecular flexibility index (Phi) is 4.41. The van der Waals surface area contributed by atoms with Crippen molar-refractivity contribution in [3.63, 3.8) is 0 Å². The summed E-state index contributed by atoms with van der Waals surface area (Å²) in [6.45, 7) is 1.44. The average molecular weight is 261 g/mol. The topological polar surface area (TPSA) is 59.3 Å². The maximum Gasteiger partial charge on any atom is 0.120 e. The van der Waals surface area contributed by atoms with E-state index in [4.69, 9.17) is 4.74 Å².